The molecule has 0 radical (unpaired) electrons. The topological polar surface area (TPSA) is 84.9 Å². The Morgan fingerprint density at radius 2 is 1.77 bits per heavy atom. The molecule has 7 heteroatoms. The number of para-hydroxylation sites is 1. The SMILES string of the molecule is CCOC(=O)C1=C(C)N(c2ccccc2)C(=O)CC1C(=O)Nc1ccc(OC)cc1. The van der Waals surface area contributed by atoms with Crippen LogP contribution in [0, 0.1) is 5.92 Å². The quantitative estimate of drug-likeness (QED) is 0.739. The van der Waals surface area contributed by atoms with Crippen molar-refractivity contribution in [3.8, 4) is 5.75 Å². The van der Waals surface area contributed by atoms with Crippen LogP contribution in [0.5, 0.6) is 5.75 Å². The molecular formula is C23H24N2O5. The summed E-state index contributed by atoms with van der Waals surface area (Å²) in [6.07, 6.45) is -0.137. The van der Waals surface area contributed by atoms with Gasteiger partial charge in [0.15, 0.2) is 0 Å². The Balaban J connectivity index is 1.95. The molecule has 0 saturated carbocycles. The van der Waals surface area contributed by atoms with Crippen LogP contribution < -0.4 is 15.0 Å². The van der Waals surface area contributed by atoms with Gasteiger partial charge >= 0.3 is 5.97 Å². The second-order valence-corrected chi connectivity index (χ2v) is 6.76. The Morgan fingerprint density at radius 3 is 2.37 bits per heavy atom. The fourth-order valence-electron chi connectivity index (χ4n) is 3.47. The third-order valence-corrected chi connectivity index (χ3v) is 4.89. The van der Waals surface area contributed by atoms with Crippen LogP contribution in [0.25, 0.3) is 0 Å². The first-order chi connectivity index (χ1) is 14.5. The van der Waals surface area contributed by atoms with E-state index in [2.05, 4.69) is 5.32 Å². The van der Waals surface area contributed by atoms with E-state index in [4.69, 9.17) is 9.47 Å². The Bertz CT molecular complexity index is 967. The highest BCUT2D eigenvalue weighted by Crippen LogP contribution is 2.34. The molecule has 0 spiro atoms. The summed E-state index contributed by atoms with van der Waals surface area (Å²) in [6.45, 7) is 3.52. The maximum atomic E-state index is 13.0. The van der Waals surface area contributed by atoms with Gasteiger partial charge in [-0.2, -0.15) is 0 Å². The lowest BCUT2D eigenvalue weighted by atomic mass is 9.88. The predicted molar refractivity (Wildman–Crippen MR) is 113 cm³/mol. The highest BCUT2D eigenvalue weighted by molar-refractivity contribution is 6.10. The first kappa shape index (κ1) is 21.1. The number of carbonyl (C=O) groups excluding carboxylic acids is 3. The van der Waals surface area contributed by atoms with Crippen LogP contribution in [-0.2, 0) is 19.1 Å². The van der Waals surface area contributed by atoms with Gasteiger partial charge in [0, 0.05) is 23.5 Å². The summed E-state index contributed by atoms with van der Waals surface area (Å²) in [7, 11) is 1.55. The molecule has 3 rings (SSSR count). The minimum absolute atomic E-state index is 0.137. The molecule has 2 aromatic rings. The van der Waals surface area contributed by atoms with Crippen LogP contribution in [0.4, 0.5) is 11.4 Å². The molecule has 0 saturated heterocycles. The molecule has 2 aromatic carbocycles. The van der Waals surface area contributed by atoms with E-state index in [1.807, 2.05) is 18.2 Å². The van der Waals surface area contributed by atoms with E-state index in [0.29, 0.717) is 22.8 Å². The Labute approximate surface area is 175 Å². The number of benzene rings is 2. The molecule has 30 heavy (non-hydrogen) atoms. The molecule has 1 N–H and O–H groups in total. The lowest BCUT2D eigenvalue weighted by molar-refractivity contribution is -0.141. The molecule has 1 aliphatic rings. The molecule has 0 fully saturated rings. The van der Waals surface area contributed by atoms with Crippen LogP contribution >= 0.6 is 0 Å². The molecule has 156 valence electrons. The monoisotopic (exact) mass is 408 g/mol. The molecule has 0 aliphatic carbocycles. The van der Waals surface area contributed by atoms with Crippen LogP contribution in [0.15, 0.2) is 65.9 Å². The van der Waals surface area contributed by atoms with Crippen molar-refractivity contribution in [2.24, 2.45) is 5.92 Å². The third-order valence-electron chi connectivity index (χ3n) is 4.89. The van der Waals surface area contributed by atoms with E-state index >= 15 is 0 Å². The van der Waals surface area contributed by atoms with Crippen LogP contribution in [0.2, 0.25) is 0 Å². The van der Waals surface area contributed by atoms with Gasteiger partial charge in [-0.05, 0) is 50.2 Å². The average Bonchev–Trinajstić information content (AvgIpc) is 2.74. The lowest BCUT2D eigenvalue weighted by Crippen LogP contribution is -2.43. The molecule has 1 unspecified atom stereocenters. The van der Waals surface area contributed by atoms with Gasteiger partial charge in [-0.25, -0.2) is 4.79 Å². The number of hydrogen-bond donors (Lipinski definition) is 1. The summed E-state index contributed by atoms with van der Waals surface area (Å²) < 4.78 is 10.3. The summed E-state index contributed by atoms with van der Waals surface area (Å²) in [4.78, 5) is 40.1. The summed E-state index contributed by atoms with van der Waals surface area (Å²) in [5.74, 6) is -1.59. The summed E-state index contributed by atoms with van der Waals surface area (Å²) in [5.41, 5.74) is 1.76. The minimum atomic E-state index is -0.946. The second kappa shape index (κ2) is 9.26. The molecule has 0 bridgehead atoms. The Kier molecular flexibility index (Phi) is 6.51. The van der Waals surface area contributed by atoms with Crippen molar-refractivity contribution >= 4 is 29.2 Å². The number of esters is 1. The number of allylic oxidation sites excluding steroid dienone is 1. The normalized spacial score (nSPS) is 16.3. The zero-order valence-electron chi connectivity index (χ0n) is 17.2. The second-order valence-electron chi connectivity index (χ2n) is 6.76. The van der Waals surface area contributed by atoms with E-state index in [-0.39, 0.29) is 24.5 Å². The van der Waals surface area contributed by atoms with Gasteiger partial charge in [0.2, 0.25) is 11.8 Å². The van der Waals surface area contributed by atoms with Gasteiger partial charge < -0.3 is 14.8 Å². The Hall–Kier alpha value is -3.61. The van der Waals surface area contributed by atoms with Crippen molar-refractivity contribution in [3.05, 3.63) is 65.9 Å². The van der Waals surface area contributed by atoms with Gasteiger partial charge in [-0.1, -0.05) is 18.2 Å². The van der Waals surface area contributed by atoms with E-state index in [9.17, 15) is 14.4 Å². The van der Waals surface area contributed by atoms with E-state index in [1.165, 1.54) is 4.90 Å². The third kappa shape index (κ3) is 4.35. The van der Waals surface area contributed by atoms with Crippen molar-refractivity contribution in [2.45, 2.75) is 20.3 Å². The van der Waals surface area contributed by atoms with E-state index in [0.717, 1.165) is 0 Å². The van der Waals surface area contributed by atoms with Gasteiger partial charge in [0.05, 0.1) is 25.2 Å². The van der Waals surface area contributed by atoms with Crippen molar-refractivity contribution in [1.82, 2.24) is 0 Å². The summed E-state index contributed by atoms with van der Waals surface area (Å²) in [5, 5.41) is 2.78. The first-order valence-electron chi connectivity index (χ1n) is 9.67. The largest absolute Gasteiger partial charge is 0.497 e. The summed E-state index contributed by atoms with van der Waals surface area (Å²) >= 11 is 0. The first-order valence-corrected chi connectivity index (χ1v) is 9.67. The number of amides is 2. The smallest absolute Gasteiger partial charge is 0.336 e. The van der Waals surface area contributed by atoms with Crippen molar-refractivity contribution in [2.75, 3.05) is 23.9 Å². The summed E-state index contributed by atoms with van der Waals surface area (Å²) in [6, 6.07) is 15.8. The maximum Gasteiger partial charge on any atom is 0.336 e. The lowest BCUT2D eigenvalue weighted by Gasteiger charge is -2.33. The van der Waals surface area contributed by atoms with E-state index in [1.54, 1.807) is 57.4 Å². The van der Waals surface area contributed by atoms with Gasteiger partial charge in [0.25, 0.3) is 0 Å². The minimum Gasteiger partial charge on any atom is -0.497 e. The van der Waals surface area contributed by atoms with Gasteiger partial charge in [-0.3, -0.25) is 14.5 Å². The number of nitrogens with zero attached hydrogens (tertiary/aromatic N) is 1. The van der Waals surface area contributed by atoms with Crippen molar-refractivity contribution in [3.63, 3.8) is 0 Å². The number of rotatable bonds is 6. The van der Waals surface area contributed by atoms with Crippen molar-refractivity contribution < 1.29 is 23.9 Å². The zero-order valence-corrected chi connectivity index (χ0v) is 17.2. The zero-order chi connectivity index (χ0) is 21.7. The van der Waals surface area contributed by atoms with Crippen LogP contribution in [0.1, 0.15) is 20.3 Å². The molecule has 1 atom stereocenters. The fourth-order valence-corrected chi connectivity index (χ4v) is 3.47. The number of anilines is 2. The number of carbonyl (C=O) groups is 3. The molecular weight excluding hydrogens is 384 g/mol. The highest BCUT2D eigenvalue weighted by atomic mass is 16.5. The Morgan fingerprint density at radius 1 is 1.10 bits per heavy atom. The molecule has 2 amide bonds. The number of hydrogen-bond acceptors (Lipinski definition) is 5. The van der Waals surface area contributed by atoms with Crippen molar-refractivity contribution in [1.29, 1.82) is 0 Å². The molecule has 7 nitrogen and oxygen atoms in total. The van der Waals surface area contributed by atoms with Crippen LogP contribution in [-0.4, -0.2) is 31.5 Å². The molecule has 0 aromatic heterocycles. The van der Waals surface area contributed by atoms with Gasteiger partial charge in [0.1, 0.15) is 5.75 Å². The number of methoxy groups -OCH3 is 1. The standard InChI is InChI=1S/C23H24N2O5/c1-4-30-23(28)21-15(2)25(17-8-6-5-7-9-17)20(26)14-19(21)22(27)24-16-10-12-18(29-3)13-11-16/h5-13,19H,4,14H2,1-3H3,(H,24,27). The van der Waals surface area contributed by atoms with Crippen LogP contribution in [0.3, 0.4) is 0 Å². The average molecular weight is 408 g/mol. The highest BCUT2D eigenvalue weighted by Gasteiger charge is 2.40. The fraction of sp³-hybridized carbons (Fsp3) is 0.261. The predicted octanol–water partition coefficient (Wildman–Crippen LogP) is 3.52. The number of ether oxygens (including phenoxy) is 2. The maximum absolute atomic E-state index is 13.0. The van der Waals surface area contributed by atoms with E-state index < -0.39 is 17.8 Å². The molecule has 1 aliphatic heterocycles. The number of nitrogens with one attached hydrogen (secondary N) is 1. The van der Waals surface area contributed by atoms with Gasteiger partial charge in [-0.15, -0.1) is 0 Å². The molecule has 1 heterocycles.